The first kappa shape index (κ1) is 13.0. The van der Waals surface area contributed by atoms with E-state index < -0.39 is 0 Å². The van der Waals surface area contributed by atoms with E-state index in [2.05, 4.69) is 6.58 Å². The van der Waals surface area contributed by atoms with Crippen LogP contribution in [0.4, 0.5) is 0 Å². The van der Waals surface area contributed by atoms with Crippen LogP contribution in [0.5, 0.6) is 0 Å². The molecular formula is C16H16NO2+. The Labute approximate surface area is 112 Å². The van der Waals surface area contributed by atoms with Crippen LogP contribution >= 0.6 is 0 Å². The van der Waals surface area contributed by atoms with Crippen LogP contribution in [0, 0.1) is 0 Å². The van der Waals surface area contributed by atoms with Crippen molar-refractivity contribution in [3.8, 4) is 0 Å². The minimum atomic E-state index is -0.322. The predicted octanol–water partition coefficient (Wildman–Crippen LogP) is 2.67. The number of nitrogens with zero attached hydrogens (tertiary/aromatic N) is 1. The van der Waals surface area contributed by atoms with E-state index in [0.29, 0.717) is 12.2 Å². The Morgan fingerprint density at radius 2 is 1.84 bits per heavy atom. The number of carbonyl (C=O) groups excluding carboxylic acids is 1. The van der Waals surface area contributed by atoms with E-state index in [4.69, 9.17) is 4.74 Å². The first-order valence-electron chi connectivity index (χ1n) is 6.15. The maximum absolute atomic E-state index is 11.7. The normalized spacial score (nSPS) is 9.95. The summed E-state index contributed by atoms with van der Waals surface area (Å²) < 4.78 is 6.81. The van der Waals surface area contributed by atoms with Gasteiger partial charge in [-0.15, -0.1) is 0 Å². The lowest BCUT2D eigenvalue weighted by atomic mass is 10.1. The minimum absolute atomic E-state index is 0.322. The molecule has 1 aromatic carbocycles. The largest absolute Gasteiger partial charge is 0.462 e. The smallest absolute Gasteiger partial charge is 0.344 e. The highest BCUT2D eigenvalue weighted by Crippen LogP contribution is 2.08. The topological polar surface area (TPSA) is 30.2 Å². The second-order valence-corrected chi connectivity index (χ2v) is 4.03. The second kappa shape index (κ2) is 5.96. The minimum Gasteiger partial charge on any atom is -0.462 e. The lowest BCUT2D eigenvalue weighted by Gasteiger charge is -2.03. The maximum atomic E-state index is 11.7. The zero-order valence-corrected chi connectivity index (χ0v) is 10.9. The molecule has 1 aromatic heterocycles. The molecule has 3 nitrogen and oxygen atoms in total. The summed E-state index contributed by atoms with van der Waals surface area (Å²) in [5.41, 5.74) is 2.33. The molecule has 0 fully saturated rings. The number of esters is 1. The van der Waals surface area contributed by atoms with E-state index in [1.165, 1.54) is 0 Å². The van der Waals surface area contributed by atoms with Crippen molar-refractivity contribution in [1.29, 1.82) is 0 Å². The van der Waals surface area contributed by atoms with E-state index in [-0.39, 0.29) is 5.97 Å². The summed E-state index contributed by atoms with van der Waals surface area (Å²) in [7, 11) is 0. The fourth-order valence-electron chi connectivity index (χ4n) is 1.76. The summed E-state index contributed by atoms with van der Waals surface area (Å²) in [5, 5.41) is 0. The van der Waals surface area contributed by atoms with Crippen molar-refractivity contribution in [2.24, 2.45) is 0 Å². The van der Waals surface area contributed by atoms with E-state index >= 15 is 0 Å². The molecule has 0 amide bonds. The first-order valence-corrected chi connectivity index (χ1v) is 6.15. The predicted molar refractivity (Wildman–Crippen MR) is 73.5 cm³/mol. The number of ether oxygens (including phenoxy) is 1. The van der Waals surface area contributed by atoms with Gasteiger partial charge in [-0.3, -0.25) is 0 Å². The third kappa shape index (κ3) is 3.07. The quantitative estimate of drug-likeness (QED) is 0.620. The Balaban J connectivity index is 2.29. The van der Waals surface area contributed by atoms with Gasteiger partial charge in [0.1, 0.15) is 5.56 Å². The van der Waals surface area contributed by atoms with E-state index in [9.17, 15) is 4.79 Å². The molecule has 2 aromatic rings. The van der Waals surface area contributed by atoms with Gasteiger partial charge in [0.15, 0.2) is 12.4 Å². The molecular weight excluding hydrogens is 238 g/mol. The van der Waals surface area contributed by atoms with Gasteiger partial charge in [0, 0.05) is 11.6 Å². The first-order chi connectivity index (χ1) is 9.22. The number of aromatic nitrogens is 1. The summed E-state index contributed by atoms with van der Waals surface area (Å²) in [5.74, 6) is -0.322. The zero-order chi connectivity index (χ0) is 13.7. The van der Waals surface area contributed by atoms with Crippen molar-refractivity contribution in [1.82, 2.24) is 0 Å². The van der Waals surface area contributed by atoms with Crippen LogP contribution in [0.3, 0.4) is 0 Å². The molecule has 0 N–H and O–H groups in total. The highest BCUT2D eigenvalue weighted by molar-refractivity contribution is 5.88. The highest BCUT2D eigenvalue weighted by atomic mass is 16.5. The lowest BCUT2D eigenvalue weighted by Crippen LogP contribution is -2.32. The van der Waals surface area contributed by atoms with Crippen LogP contribution in [0.2, 0.25) is 0 Å². The fraction of sp³-hybridized carbons (Fsp3) is 0.125. The molecule has 3 heteroatoms. The molecule has 96 valence electrons. The molecule has 0 bridgehead atoms. The number of carbonyl (C=O) groups is 1. The average molecular weight is 254 g/mol. The van der Waals surface area contributed by atoms with Crippen LogP contribution in [0.25, 0.3) is 5.70 Å². The molecule has 0 aliphatic heterocycles. The van der Waals surface area contributed by atoms with Crippen molar-refractivity contribution < 1.29 is 14.1 Å². The summed E-state index contributed by atoms with van der Waals surface area (Å²) in [6.45, 7) is 6.21. The van der Waals surface area contributed by atoms with Crippen LogP contribution in [0.1, 0.15) is 22.8 Å². The van der Waals surface area contributed by atoms with Gasteiger partial charge in [-0.25, -0.2) is 4.79 Å². The van der Waals surface area contributed by atoms with Crippen molar-refractivity contribution in [2.75, 3.05) is 6.61 Å². The monoisotopic (exact) mass is 254 g/mol. The van der Waals surface area contributed by atoms with E-state index in [0.717, 1.165) is 11.3 Å². The second-order valence-electron chi connectivity index (χ2n) is 4.03. The summed E-state index contributed by atoms with van der Waals surface area (Å²) >= 11 is 0. The van der Waals surface area contributed by atoms with E-state index in [1.807, 2.05) is 41.1 Å². The van der Waals surface area contributed by atoms with Gasteiger partial charge in [0.05, 0.1) is 6.61 Å². The number of hydrogen-bond donors (Lipinski definition) is 0. The molecule has 19 heavy (non-hydrogen) atoms. The molecule has 0 aliphatic rings. The van der Waals surface area contributed by atoms with Crippen molar-refractivity contribution in [3.05, 3.63) is 72.6 Å². The lowest BCUT2D eigenvalue weighted by molar-refractivity contribution is -0.578. The Bertz CT molecular complexity index is 591. The van der Waals surface area contributed by atoms with Crippen molar-refractivity contribution >= 4 is 11.7 Å². The molecule has 1 heterocycles. The third-order valence-corrected chi connectivity index (χ3v) is 2.73. The van der Waals surface area contributed by atoms with Crippen LogP contribution in [-0.4, -0.2) is 12.6 Å². The molecule has 0 unspecified atom stereocenters. The van der Waals surface area contributed by atoms with Crippen LogP contribution < -0.4 is 4.57 Å². The number of pyridine rings is 1. The molecule has 0 radical (unpaired) electrons. The molecule has 0 saturated heterocycles. The average Bonchev–Trinajstić information content (AvgIpc) is 2.48. The maximum Gasteiger partial charge on any atom is 0.344 e. The molecule has 0 aliphatic carbocycles. The van der Waals surface area contributed by atoms with Gasteiger partial charge in [-0.2, -0.15) is 4.57 Å². The molecule has 0 spiro atoms. The van der Waals surface area contributed by atoms with Crippen LogP contribution in [-0.2, 0) is 4.74 Å². The number of benzene rings is 1. The molecule has 2 rings (SSSR count). The van der Waals surface area contributed by atoms with E-state index in [1.54, 1.807) is 25.3 Å². The Hall–Kier alpha value is -2.42. The summed E-state index contributed by atoms with van der Waals surface area (Å²) in [6, 6.07) is 13.4. The van der Waals surface area contributed by atoms with Crippen LogP contribution in [0.15, 0.2) is 61.4 Å². The molecule has 0 saturated carbocycles. The van der Waals surface area contributed by atoms with Crippen molar-refractivity contribution in [3.63, 3.8) is 0 Å². The summed E-state index contributed by atoms with van der Waals surface area (Å²) in [6.07, 6.45) is 3.59. The van der Waals surface area contributed by atoms with Gasteiger partial charge in [-0.05, 0) is 31.7 Å². The summed E-state index contributed by atoms with van der Waals surface area (Å²) in [4.78, 5) is 11.7. The van der Waals surface area contributed by atoms with Gasteiger partial charge < -0.3 is 4.74 Å². The molecule has 0 atom stereocenters. The Kier molecular flexibility index (Phi) is 4.08. The zero-order valence-electron chi connectivity index (χ0n) is 10.9. The fourth-order valence-corrected chi connectivity index (χ4v) is 1.76. The standard InChI is InChI=1S/C16H16NO2/c1-3-19-16(18)15-10-7-11-17(12-15)13(2)14-8-5-4-6-9-14/h4-12H,2-3H2,1H3/q+1. The Morgan fingerprint density at radius 1 is 1.16 bits per heavy atom. The number of hydrogen-bond acceptors (Lipinski definition) is 2. The van der Waals surface area contributed by atoms with Gasteiger partial charge in [0.2, 0.25) is 5.70 Å². The highest BCUT2D eigenvalue weighted by Gasteiger charge is 2.14. The number of rotatable bonds is 4. The Morgan fingerprint density at radius 3 is 2.53 bits per heavy atom. The van der Waals surface area contributed by atoms with Gasteiger partial charge in [0.25, 0.3) is 0 Å². The third-order valence-electron chi connectivity index (χ3n) is 2.73. The SMILES string of the molecule is C=C(c1ccccc1)[n+]1cccc(C(=O)OCC)c1. The van der Waals surface area contributed by atoms with Gasteiger partial charge in [-0.1, -0.05) is 18.2 Å². The van der Waals surface area contributed by atoms with Gasteiger partial charge >= 0.3 is 5.97 Å². The van der Waals surface area contributed by atoms with Crippen molar-refractivity contribution in [2.45, 2.75) is 6.92 Å².